The molecule has 68 valence electrons. The van der Waals surface area contributed by atoms with Crippen LogP contribution in [0.3, 0.4) is 0 Å². The zero-order valence-electron chi connectivity index (χ0n) is 7.44. The van der Waals surface area contributed by atoms with Gasteiger partial charge in [0.15, 0.2) is 5.82 Å². The van der Waals surface area contributed by atoms with Crippen molar-refractivity contribution in [2.24, 2.45) is 0 Å². The minimum Gasteiger partial charge on any atom is -0.308 e. The lowest BCUT2D eigenvalue weighted by Gasteiger charge is -1.90. The van der Waals surface area contributed by atoms with Gasteiger partial charge in [-0.15, -0.1) is 0 Å². The molecule has 1 N–H and O–H groups in total. The summed E-state index contributed by atoms with van der Waals surface area (Å²) >= 11 is 0. The monoisotopic (exact) mass is 184 g/mol. The highest BCUT2D eigenvalue weighted by atomic mass is 15.2. The molecule has 0 aliphatic heterocycles. The minimum atomic E-state index is 0.250. The maximum Gasteiger partial charge on any atom is 0.272 e. The number of nitrogens with zero attached hydrogens (tertiary/aromatic N) is 3. The number of aromatic amines is 1. The van der Waals surface area contributed by atoms with Crippen LogP contribution >= 0.6 is 0 Å². The second-order valence-electron chi connectivity index (χ2n) is 2.79. The molecule has 0 atom stereocenters. The number of rotatable bonds is 2. The van der Waals surface area contributed by atoms with Gasteiger partial charge in [0.2, 0.25) is 5.82 Å². The average Bonchev–Trinajstić information content (AvgIpc) is 2.68. The van der Waals surface area contributed by atoms with Crippen LogP contribution in [0.25, 0.3) is 16.2 Å². The highest BCUT2D eigenvalue weighted by Crippen LogP contribution is 2.13. The first kappa shape index (κ1) is 8.45. The van der Waals surface area contributed by atoms with Gasteiger partial charge in [-0.2, -0.15) is 5.10 Å². The van der Waals surface area contributed by atoms with Gasteiger partial charge < -0.3 is 4.85 Å². The van der Waals surface area contributed by atoms with Crippen LogP contribution in [0.15, 0.2) is 30.3 Å². The summed E-state index contributed by atoms with van der Waals surface area (Å²) in [5, 5.41) is 6.76. The third-order valence-electron chi connectivity index (χ3n) is 1.79. The fourth-order valence-corrected chi connectivity index (χ4v) is 1.16. The highest BCUT2D eigenvalue weighted by molar-refractivity contribution is 5.53. The third kappa shape index (κ3) is 1.62. The molecule has 0 amide bonds. The molecule has 0 bridgehead atoms. The Bertz CT molecular complexity index is 452. The molecule has 0 spiro atoms. The first-order chi connectivity index (χ1) is 6.90. The quantitative estimate of drug-likeness (QED) is 0.724. The summed E-state index contributed by atoms with van der Waals surface area (Å²) in [7, 11) is 0. The number of nitrogens with one attached hydrogen (secondary N) is 1. The molecule has 0 aliphatic carbocycles. The predicted molar refractivity (Wildman–Crippen MR) is 52.1 cm³/mol. The summed E-state index contributed by atoms with van der Waals surface area (Å²) in [5.41, 5.74) is 0.958. The Balaban J connectivity index is 2.31. The second-order valence-corrected chi connectivity index (χ2v) is 2.79. The molecule has 0 fully saturated rings. The maximum absolute atomic E-state index is 6.69. The molecule has 1 aromatic heterocycles. The van der Waals surface area contributed by atoms with Crippen molar-refractivity contribution in [2.75, 3.05) is 0 Å². The first-order valence-corrected chi connectivity index (χ1v) is 4.20. The first-order valence-electron chi connectivity index (χ1n) is 4.20. The summed E-state index contributed by atoms with van der Waals surface area (Å²) < 4.78 is 0. The highest BCUT2D eigenvalue weighted by Gasteiger charge is 2.05. The zero-order valence-corrected chi connectivity index (χ0v) is 7.44. The standard InChI is InChI=1S/C10H8N4/c1-11-7-9-12-10(14-13-9)8-5-3-2-4-6-8/h2-6H,7H2,(H,12,13,14). The molecular formula is C10H8N4. The summed E-state index contributed by atoms with van der Waals surface area (Å²) in [4.78, 5) is 7.42. The third-order valence-corrected chi connectivity index (χ3v) is 1.79. The van der Waals surface area contributed by atoms with Gasteiger partial charge in [-0.25, -0.2) is 11.6 Å². The van der Waals surface area contributed by atoms with Crippen molar-refractivity contribution in [3.63, 3.8) is 0 Å². The van der Waals surface area contributed by atoms with E-state index in [1.54, 1.807) is 0 Å². The van der Waals surface area contributed by atoms with E-state index in [2.05, 4.69) is 20.0 Å². The van der Waals surface area contributed by atoms with Crippen molar-refractivity contribution in [1.82, 2.24) is 15.2 Å². The molecular weight excluding hydrogens is 176 g/mol. The zero-order chi connectivity index (χ0) is 9.80. The van der Waals surface area contributed by atoms with Gasteiger partial charge in [-0.1, -0.05) is 30.3 Å². The molecule has 1 aromatic carbocycles. The Morgan fingerprint density at radius 1 is 1.29 bits per heavy atom. The van der Waals surface area contributed by atoms with E-state index >= 15 is 0 Å². The van der Waals surface area contributed by atoms with Crippen LogP contribution in [-0.4, -0.2) is 15.2 Å². The van der Waals surface area contributed by atoms with Crippen LogP contribution < -0.4 is 0 Å². The number of aromatic nitrogens is 3. The fourth-order valence-electron chi connectivity index (χ4n) is 1.16. The smallest absolute Gasteiger partial charge is 0.272 e. The molecule has 4 nitrogen and oxygen atoms in total. The molecule has 1 heterocycles. The van der Waals surface area contributed by atoms with Gasteiger partial charge >= 0.3 is 0 Å². The van der Waals surface area contributed by atoms with E-state index in [-0.39, 0.29) is 6.54 Å². The fraction of sp³-hybridized carbons (Fsp3) is 0.100. The van der Waals surface area contributed by atoms with E-state index in [0.29, 0.717) is 11.6 Å². The molecule has 0 saturated heterocycles. The summed E-state index contributed by atoms with van der Waals surface area (Å²) in [6, 6.07) is 9.67. The van der Waals surface area contributed by atoms with Crippen LogP contribution in [0.4, 0.5) is 0 Å². The van der Waals surface area contributed by atoms with Gasteiger partial charge in [0.25, 0.3) is 6.54 Å². The van der Waals surface area contributed by atoms with E-state index in [0.717, 1.165) is 5.56 Å². The van der Waals surface area contributed by atoms with Crippen LogP contribution in [-0.2, 0) is 6.54 Å². The number of hydrogen-bond donors (Lipinski definition) is 1. The molecule has 0 aliphatic rings. The molecule has 0 unspecified atom stereocenters. The number of H-pyrrole nitrogens is 1. The molecule has 14 heavy (non-hydrogen) atoms. The van der Waals surface area contributed by atoms with Crippen LogP contribution in [0.5, 0.6) is 0 Å². The Kier molecular flexibility index (Phi) is 2.24. The van der Waals surface area contributed by atoms with Crippen molar-refractivity contribution in [3.8, 4) is 11.4 Å². The Hall–Kier alpha value is -2.15. The Morgan fingerprint density at radius 3 is 2.79 bits per heavy atom. The maximum atomic E-state index is 6.69. The Labute approximate surface area is 81.4 Å². The number of hydrogen-bond acceptors (Lipinski definition) is 2. The lowest BCUT2D eigenvalue weighted by molar-refractivity contribution is 0.989. The summed E-state index contributed by atoms with van der Waals surface area (Å²) in [6.07, 6.45) is 0. The molecule has 0 saturated carbocycles. The second kappa shape index (κ2) is 3.71. The topological polar surface area (TPSA) is 45.9 Å². The van der Waals surface area contributed by atoms with Crippen molar-refractivity contribution >= 4 is 0 Å². The van der Waals surface area contributed by atoms with Crippen molar-refractivity contribution < 1.29 is 0 Å². The van der Waals surface area contributed by atoms with Crippen LogP contribution in [0, 0.1) is 6.57 Å². The van der Waals surface area contributed by atoms with Crippen LogP contribution in [0.2, 0.25) is 0 Å². The molecule has 0 radical (unpaired) electrons. The average molecular weight is 184 g/mol. The van der Waals surface area contributed by atoms with E-state index in [4.69, 9.17) is 6.57 Å². The molecule has 2 aromatic rings. The SMILES string of the molecule is [C-]#[N+]Cc1nc(-c2ccccc2)n[nH]1. The van der Waals surface area contributed by atoms with Crippen LogP contribution in [0.1, 0.15) is 5.82 Å². The summed E-state index contributed by atoms with van der Waals surface area (Å²) in [6.45, 7) is 6.94. The van der Waals surface area contributed by atoms with Crippen molar-refractivity contribution in [3.05, 3.63) is 47.6 Å². The number of benzene rings is 1. The summed E-state index contributed by atoms with van der Waals surface area (Å²) in [5.74, 6) is 1.25. The molecule has 2 rings (SSSR count). The molecule has 4 heteroatoms. The lowest BCUT2D eigenvalue weighted by atomic mass is 10.2. The predicted octanol–water partition coefficient (Wildman–Crippen LogP) is 1.89. The van der Waals surface area contributed by atoms with Gasteiger partial charge in [-0.05, 0) is 0 Å². The normalized spacial score (nSPS) is 9.64. The Morgan fingerprint density at radius 2 is 2.07 bits per heavy atom. The van der Waals surface area contributed by atoms with Gasteiger partial charge in [0.05, 0.1) is 0 Å². The lowest BCUT2D eigenvalue weighted by Crippen LogP contribution is -1.81. The largest absolute Gasteiger partial charge is 0.308 e. The van der Waals surface area contributed by atoms with E-state index in [9.17, 15) is 0 Å². The van der Waals surface area contributed by atoms with Gasteiger partial charge in [0, 0.05) is 5.56 Å². The van der Waals surface area contributed by atoms with E-state index in [1.165, 1.54) is 0 Å². The van der Waals surface area contributed by atoms with E-state index in [1.807, 2.05) is 30.3 Å². The van der Waals surface area contributed by atoms with Gasteiger partial charge in [-0.3, -0.25) is 5.10 Å². The van der Waals surface area contributed by atoms with E-state index < -0.39 is 0 Å². The van der Waals surface area contributed by atoms with Gasteiger partial charge in [0.1, 0.15) is 0 Å². The minimum absolute atomic E-state index is 0.250. The van der Waals surface area contributed by atoms with Crippen molar-refractivity contribution in [2.45, 2.75) is 6.54 Å². The van der Waals surface area contributed by atoms with Crippen molar-refractivity contribution in [1.29, 1.82) is 0 Å².